The third-order valence-corrected chi connectivity index (χ3v) is 3.17. The SMILES string of the molecule is CCn1ncnc1CC(C(=O)O)c1cccc(Cl)c1. The van der Waals surface area contributed by atoms with E-state index < -0.39 is 11.9 Å². The Hall–Kier alpha value is -1.88. The number of hydrogen-bond donors (Lipinski definition) is 1. The maximum atomic E-state index is 11.4. The van der Waals surface area contributed by atoms with Crippen LogP contribution in [0.4, 0.5) is 0 Å². The Labute approximate surface area is 115 Å². The van der Waals surface area contributed by atoms with Crippen molar-refractivity contribution in [3.05, 3.63) is 47.0 Å². The van der Waals surface area contributed by atoms with Gasteiger partial charge < -0.3 is 5.11 Å². The zero-order valence-electron chi connectivity index (χ0n) is 10.5. The third kappa shape index (κ3) is 3.12. The number of carbonyl (C=O) groups is 1. The molecule has 0 saturated carbocycles. The molecule has 1 unspecified atom stereocenters. The molecule has 5 nitrogen and oxygen atoms in total. The Morgan fingerprint density at radius 1 is 1.53 bits per heavy atom. The molecule has 6 heteroatoms. The molecule has 0 fully saturated rings. The quantitative estimate of drug-likeness (QED) is 0.912. The first-order chi connectivity index (χ1) is 9.11. The molecule has 19 heavy (non-hydrogen) atoms. The fourth-order valence-corrected chi connectivity index (χ4v) is 2.16. The molecule has 0 aliphatic carbocycles. The van der Waals surface area contributed by atoms with E-state index in [2.05, 4.69) is 10.1 Å². The summed E-state index contributed by atoms with van der Waals surface area (Å²) in [5.74, 6) is -0.906. The fourth-order valence-electron chi connectivity index (χ4n) is 1.96. The standard InChI is InChI=1S/C13H14ClN3O2/c1-2-17-12(15-8-16-17)7-11(13(18)19)9-4-3-5-10(14)6-9/h3-6,8,11H,2,7H2,1H3,(H,18,19). The van der Waals surface area contributed by atoms with Gasteiger partial charge in [-0.25, -0.2) is 4.98 Å². The zero-order chi connectivity index (χ0) is 13.8. The van der Waals surface area contributed by atoms with Gasteiger partial charge in [-0.05, 0) is 24.6 Å². The second kappa shape index (κ2) is 5.84. The molecule has 0 amide bonds. The van der Waals surface area contributed by atoms with E-state index in [0.717, 1.165) is 0 Å². The number of rotatable bonds is 5. The number of carboxylic acids is 1. The lowest BCUT2D eigenvalue weighted by atomic mass is 9.95. The first-order valence-corrected chi connectivity index (χ1v) is 6.34. The maximum Gasteiger partial charge on any atom is 0.311 e. The molecule has 0 aliphatic rings. The van der Waals surface area contributed by atoms with Crippen molar-refractivity contribution in [1.82, 2.24) is 14.8 Å². The number of aliphatic carboxylic acids is 1. The van der Waals surface area contributed by atoms with Crippen molar-refractivity contribution in [2.75, 3.05) is 0 Å². The van der Waals surface area contributed by atoms with Gasteiger partial charge in [0, 0.05) is 18.0 Å². The smallest absolute Gasteiger partial charge is 0.311 e. The molecular formula is C13H14ClN3O2. The molecule has 1 N–H and O–H groups in total. The number of halogens is 1. The van der Waals surface area contributed by atoms with Crippen LogP contribution in [0, 0.1) is 0 Å². The average molecular weight is 280 g/mol. The zero-order valence-corrected chi connectivity index (χ0v) is 11.2. The molecule has 1 aromatic heterocycles. The van der Waals surface area contributed by atoms with Crippen LogP contribution in [-0.2, 0) is 17.8 Å². The summed E-state index contributed by atoms with van der Waals surface area (Å²) in [7, 11) is 0. The summed E-state index contributed by atoms with van der Waals surface area (Å²) in [5, 5.41) is 14.0. The molecule has 0 aliphatic heterocycles. The topological polar surface area (TPSA) is 68.0 Å². The first-order valence-electron chi connectivity index (χ1n) is 5.96. The minimum atomic E-state index is -0.895. The number of aryl methyl sites for hydroxylation is 1. The Morgan fingerprint density at radius 2 is 2.32 bits per heavy atom. The van der Waals surface area contributed by atoms with E-state index >= 15 is 0 Å². The summed E-state index contributed by atoms with van der Waals surface area (Å²) >= 11 is 5.91. The second-order valence-electron chi connectivity index (χ2n) is 4.14. The van der Waals surface area contributed by atoms with Gasteiger partial charge in [-0.1, -0.05) is 23.7 Å². The van der Waals surface area contributed by atoms with Crippen LogP contribution < -0.4 is 0 Å². The summed E-state index contributed by atoms with van der Waals surface area (Å²) in [4.78, 5) is 15.5. The van der Waals surface area contributed by atoms with Crippen molar-refractivity contribution in [3.8, 4) is 0 Å². The highest BCUT2D eigenvalue weighted by Crippen LogP contribution is 2.23. The molecule has 1 heterocycles. The minimum Gasteiger partial charge on any atom is -0.481 e. The van der Waals surface area contributed by atoms with Crippen LogP contribution in [0.25, 0.3) is 0 Å². The Kier molecular flexibility index (Phi) is 4.16. The van der Waals surface area contributed by atoms with E-state index in [9.17, 15) is 9.90 Å². The highest BCUT2D eigenvalue weighted by atomic mass is 35.5. The Balaban J connectivity index is 2.29. The van der Waals surface area contributed by atoms with Crippen molar-refractivity contribution < 1.29 is 9.90 Å². The van der Waals surface area contributed by atoms with E-state index in [1.165, 1.54) is 6.33 Å². The highest BCUT2D eigenvalue weighted by Gasteiger charge is 2.22. The van der Waals surface area contributed by atoms with Gasteiger partial charge >= 0.3 is 5.97 Å². The summed E-state index contributed by atoms with van der Waals surface area (Å²) in [6.07, 6.45) is 1.74. The van der Waals surface area contributed by atoms with Gasteiger partial charge in [0.05, 0.1) is 5.92 Å². The van der Waals surface area contributed by atoms with Crippen molar-refractivity contribution in [2.24, 2.45) is 0 Å². The van der Waals surface area contributed by atoms with Crippen LogP contribution in [0.1, 0.15) is 24.2 Å². The number of benzene rings is 1. The van der Waals surface area contributed by atoms with E-state index in [1.54, 1.807) is 28.9 Å². The van der Waals surface area contributed by atoms with Gasteiger partial charge in [0.2, 0.25) is 0 Å². The van der Waals surface area contributed by atoms with Gasteiger partial charge in [-0.15, -0.1) is 0 Å². The van der Waals surface area contributed by atoms with E-state index in [-0.39, 0.29) is 0 Å². The number of hydrogen-bond acceptors (Lipinski definition) is 3. The summed E-state index contributed by atoms with van der Waals surface area (Å²) in [6.45, 7) is 2.60. The Bertz CT molecular complexity index is 583. The fraction of sp³-hybridized carbons (Fsp3) is 0.308. The van der Waals surface area contributed by atoms with Crippen molar-refractivity contribution in [1.29, 1.82) is 0 Å². The van der Waals surface area contributed by atoms with Crippen molar-refractivity contribution in [2.45, 2.75) is 25.8 Å². The number of nitrogens with zero attached hydrogens (tertiary/aromatic N) is 3. The monoisotopic (exact) mass is 279 g/mol. The van der Waals surface area contributed by atoms with Crippen LogP contribution in [0.5, 0.6) is 0 Å². The highest BCUT2D eigenvalue weighted by molar-refractivity contribution is 6.30. The van der Waals surface area contributed by atoms with Crippen LogP contribution >= 0.6 is 11.6 Å². The largest absolute Gasteiger partial charge is 0.481 e. The van der Waals surface area contributed by atoms with Crippen LogP contribution in [0.3, 0.4) is 0 Å². The number of aromatic nitrogens is 3. The summed E-state index contributed by atoms with van der Waals surface area (Å²) < 4.78 is 1.69. The Morgan fingerprint density at radius 3 is 2.95 bits per heavy atom. The van der Waals surface area contributed by atoms with Gasteiger partial charge in [0.15, 0.2) is 0 Å². The van der Waals surface area contributed by atoms with E-state index in [1.807, 2.05) is 6.92 Å². The van der Waals surface area contributed by atoms with Gasteiger partial charge in [-0.2, -0.15) is 5.10 Å². The van der Waals surface area contributed by atoms with Gasteiger partial charge in [0.1, 0.15) is 12.2 Å². The normalized spacial score (nSPS) is 12.3. The van der Waals surface area contributed by atoms with Gasteiger partial charge in [0.25, 0.3) is 0 Å². The molecule has 0 radical (unpaired) electrons. The molecule has 0 bridgehead atoms. The van der Waals surface area contributed by atoms with E-state index in [0.29, 0.717) is 29.4 Å². The molecule has 2 aromatic rings. The first kappa shape index (κ1) is 13.5. The molecule has 0 spiro atoms. The lowest BCUT2D eigenvalue weighted by molar-refractivity contribution is -0.138. The molecule has 1 aromatic carbocycles. The minimum absolute atomic E-state index is 0.295. The van der Waals surface area contributed by atoms with Crippen LogP contribution in [0.2, 0.25) is 5.02 Å². The lowest BCUT2D eigenvalue weighted by Crippen LogP contribution is -2.17. The van der Waals surface area contributed by atoms with Crippen LogP contribution in [-0.4, -0.2) is 25.8 Å². The predicted molar refractivity (Wildman–Crippen MR) is 71.2 cm³/mol. The van der Waals surface area contributed by atoms with Crippen LogP contribution in [0.15, 0.2) is 30.6 Å². The molecule has 2 rings (SSSR count). The molecule has 100 valence electrons. The molecule has 1 atom stereocenters. The third-order valence-electron chi connectivity index (χ3n) is 2.93. The maximum absolute atomic E-state index is 11.4. The van der Waals surface area contributed by atoms with Crippen molar-refractivity contribution >= 4 is 17.6 Å². The van der Waals surface area contributed by atoms with E-state index in [4.69, 9.17) is 11.6 Å². The van der Waals surface area contributed by atoms with Crippen molar-refractivity contribution in [3.63, 3.8) is 0 Å². The molecular weight excluding hydrogens is 266 g/mol. The number of carboxylic acid groups (broad SMARTS) is 1. The second-order valence-corrected chi connectivity index (χ2v) is 4.58. The summed E-state index contributed by atoms with van der Waals surface area (Å²) in [5.41, 5.74) is 0.672. The summed E-state index contributed by atoms with van der Waals surface area (Å²) in [6, 6.07) is 6.90. The average Bonchev–Trinajstić information content (AvgIpc) is 2.82. The molecule has 0 saturated heterocycles. The lowest BCUT2D eigenvalue weighted by Gasteiger charge is -2.13. The predicted octanol–water partition coefficient (Wildman–Crippen LogP) is 2.36. The van der Waals surface area contributed by atoms with Gasteiger partial charge in [-0.3, -0.25) is 9.48 Å².